The maximum atomic E-state index is 8.55. The molecule has 0 fully saturated rings. The van der Waals surface area contributed by atoms with E-state index in [1.54, 1.807) is 13.0 Å². The fourth-order valence-corrected chi connectivity index (χ4v) is 16.2. The average molecular weight is 1430 g/mol. The first-order valence-electron chi connectivity index (χ1n) is 40.7. The predicted molar refractivity (Wildman–Crippen MR) is 453 cm³/mol. The van der Waals surface area contributed by atoms with Crippen molar-refractivity contribution in [2.24, 2.45) is 28.2 Å². The molecule has 534 valence electrons. The summed E-state index contributed by atoms with van der Waals surface area (Å²) in [6, 6.07) is 83.2. The SMILES string of the molecule is Cc1cc[n+](C)c(-c2c(C)ccc3c2oc2ccc4ccccc4c23)c1.[2H]C(C)(C)c1cc[n+](C)c(-c2c(C)ccc3c2oc2ccc4ccccc4c23)c1.[2H]C([2H])(C)c1cc[n+](C)c(-c2c(C)ccc3c2oc2ccc4ccccc4c23)c1.[2H]C([2H])([2H])C([2H])(C)c1cc[n+](C)c(-c2c(C)ccc3c2oc2ccc4ccccc4c23)c1. The van der Waals surface area contributed by atoms with Gasteiger partial charge >= 0.3 is 0 Å². The lowest BCUT2D eigenvalue weighted by atomic mass is 9.96. The van der Waals surface area contributed by atoms with Gasteiger partial charge in [0.05, 0.1) is 22.3 Å². The molecule has 1 atom stereocenters. The third-order valence-electron chi connectivity index (χ3n) is 22.0. The van der Waals surface area contributed by atoms with Gasteiger partial charge < -0.3 is 17.7 Å². The van der Waals surface area contributed by atoms with Crippen molar-refractivity contribution >= 4 is 131 Å². The van der Waals surface area contributed by atoms with E-state index in [2.05, 4.69) is 238 Å². The largest absolute Gasteiger partial charge is 0.455 e. The van der Waals surface area contributed by atoms with Crippen LogP contribution in [0.4, 0.5) is 0 Å². The molecule has 8 heteroatoms. The van der Waals surface area contributed by atoms with Crippen LogP contribution in [0.5, 0.6) is 0 Å². The van der Waals surface area contributed by atoms with E-state index in [1.165, 1.54) is 77.8 Å². The Hall–Kier alpha value is -12.5. The van der Waals surface area contributed by atoms with Crippen molar-refractivity contribution in [3.05, 3.63) is 312 Å². The van der Waals surface area contributed by atoms with Crippen LogP contribution < -0.4 is 18.3 Å². The van der Waals surface area contributed by atoms with Gasteiger partial charge in [-0.05, 0) is 165 Å². The maximum Gasteiger partial charge on any atom is 0.216 e. The molecule has 20 aromatic rings. The molecule has 0 saturated heterocycles. The number of hydrogen-bond donors (Lipinski definition) is 0. The Morgan fingerprint density at radius 3 is 0.936 bits per heavy atom. The Kier molecular flexibility index (Phi) is 15.8. The number of aromatic nitrogens is 4. The van der Waals surface area contributed by atoms with Gasteiger partial charge in [0.1, 0.15) is 72.9 Å². The van der Waals surface area contributed by atoms with Crippen molar-refractivity contribution in [1.29, 1.82) is 0 Å². The predicted octanol–water partition coefficient (Wildman–Crippen LogP) is 25.3. The van der Waals surface area contributed by atoms with Gasteiger partial charge in [-0.1, -0.05) is 204 Å². The molecule has 0 amide bonds. The molecule has 0 spiro atoms. The third-order valence-corrected chi connectivity index (χ3v) is 22.0. The topological polar surface area (TPSA) is 68.1 Å². The van der Waals surface area contributed by atoms with E-state index in [0.29, 0.717) is 11.1 Å². The number of hydrogen-bond acceptors (Lipinski definition) is 4. The third kappa shape index (κ3) is 12.2. The fraction of sp³-hybridized carbons (Fsp3) is 0.168. The molecule has 8 nitrogen and oxygen atoms in total. The summed E-state index contributed by atoms with van der Waals surface area (Å²) in [6.07, 6.45) is 6.48. The van der Waals surface area contributed by atoms with E-state index in [9.17, 15) is 0 Å². The average Bonchev–Trinajstić information content (AvgIpc) is 1.59. The summed E-state index contributed by atoms with van der Waals surface area (Å²) in [5, 5.41) is 18.6. The van der Waals surface area contributed by atoms with Crippen molar-refractivity contribution in [3.8, 4) is 45.0 Å². The van der Waals surface area contributed by atoms with Gasteiger partial charge in [0.15, 0.2) is 24.8 Å². The lowest BCUT2D eigenvalue weighted by molar-refractivity contribution is -0.660. The molecule has 0 aliphatic heterocycles. The number of fused-ring (bicyclic) bond motifs is 20. The van der Waals surface area contributed by atoms with Crippen LogP contribution in [0.1, 0.15) is 100 Å². The Morgan fingerprint density at radius 1 is 0.321 bits per heavy atom. The van der Waals surface area contributed by atoms with Crippen molar-refractivity contribution < 1.29 is 45.5 Å². The molecule has 0 aliphatic rings. The number of nitrogens with zero attached hydrogens (tertiary/aromatic N) is 4. The van der Waals surface area contributed by atoms with Crippen molar-refractivity contribution in [2.75, 3.05) is 0 Å². The van der Waals surface area contributed by atoms with Crippen LogP contribution in [0, 0.1) is 34.6 Å². The maximum absolute atomic E-state index is 8.55. The Balaban J connectivity index is 0.000000112. The van der Waals surface area contributed by atoms with Crippen LogP contribution in [-0.2, 0) is 34.6 Å². The zero-order valence-electron chi connectivity index (χ0n) is 70.8. The second-order valence-electron chi connectivity index (χ2n) is 29.4. The number of aryl methyl sites for hydroxylation is 10. The van der Waals surface area contributed by atoms with Gasteiger partial charge in [0.25, 0.3) is 0 Å². The number of benzene rings is 12. The zero-order chi connectivity index (χ0) is 81.3. The van der Waals surface area contributed by atoms with Crippen LogP contribution in [0.3, 0.4) is 0 Å². The summed E-state index contributed by atoms with van der Waals surface area (Å²) in [5.74, 6) is -2.38. The van der Waals surface area contributed by atoms with Gasteiger partial charge in [-0.15, -0.1) is 0 Å². The minimum atomic E-state index is -2.44. The highest BCUT2D eigenvalue weighted by molar-refractivity contribution is 6.24. The highest BCUT2D eigenvalue weighted by Gasteiger charge is 2.28. The summed E-state index contributed by atoms with van der Waals surface area (Å²) in [4.78, 5) is 0. The fourth-order valence-electron chi connectivity index (χ4n) is 16.2. The van der Waals surface area contributed by atoms with Gasteiger partial charge in [-0.25, -0.2) is 18.3 Å². The second-order valence-corrected chi connectivity index (χ2v) is 29.4. The first-order valence-corrected chi connectivity index (χ1v) is 37.2. The monoisotopic (exact) mass is 1430 g/mol. The van der Waals surface area contributed by atoms with Gasteiger partial charge in [-0.3, -0.25) is 0 Å². The molecule has 0 bridgehead atoms. The van der Waals surface area contributed by atoms with Crippen molar-refractivity contribution in [3.63, 3.8) is 0 Å². The summed E-state index contributed by atoms with van der Waals surface area (Å²) in [5.41, 5.74) is 23.1. The van der Waals surface area contributed by atoms with Gasteiger partial charge in [0, 0.05) is 101 Å². The zero-order valence-corrected chi connectivity index (χ0v) is 63.8. The van der Waals surface area contributed by atoms with E-state index in [0.717, 1.165) is 138 Å². The molecule has 12 aromatic carbocycles. The molecule has 8 aromatic heterocycles. The standard InChI is InChI=1S/2C26H24NO.C25H22NO.C24H20NO/c2*1-16(2)19-13-14-27(4)22(15-19)24-17(3)9-11-21-25-20-8-6-5-7-18(20)10-12-23(25)28-26(21)24;1-4-17-13-14-26(3)21(15-17)23-16(2)9-11-20-24-19-8-6-5-7-18(19)10-12-22(24)27-25(20)23;1-15-12-13-25(3)20(14-15)22-16(2)8-10-19-23-18-7-5-4-6-17(18)9-11-21(23)26-24(19)22/h2*5-16H,1-4H3;5-15H,4H2,1-3H3;4-14H,1-3H3/q4*+1/i1D3,16D;16D;4D2;. The molecule has 20 rings (SSSR count). The molecular weight excluding hydrogens is 1330 g/mol. The van der Waals surface area contributed by atoms with E-state index < -0.39 is 25.0 Å². The van der Waals surface area contributed by atoms with Crippen LogP contribution in [0.2, 0.25) is 0 Å². The molecule has 1 unspecified atom stereocenters. The quantitative estimate of drug-likeness (QED) is 0.149. The summed E-state index contributed by atoms with van der Waals surface area (Å²) < 4.78 is 90.7. The smallest absolute Gasteiger partial charge is 0.216 e. The first kappa shape index (κ1) is 61.6. The minimum Gasteiger partial charge on any atom is -0.455 e. The van der Waals surface area contributed by atoms with Crippen LogP contribution in [0.15, 0.2) is 285 Å². The lowest BCUT2D eigenvalue weighted by Crippen LogP contribution is -2.31. The number of rotatable bonds is 7. The molecule has 109 heavy (non-hydrogen) atoms. The van der Waals surface area contributed by atoms with E-state index >= 15 is 0 Å². The Bertz CT molecular complexity index is 7170. The first-order chi connectivity index (χ1) is 55.4. The van der Waals surface area contributed by atoms with Crippen LogP contribution >= 0.6 is 0 Å². The van der Waals surface area contributed by atoms with E-state index in [4.69, 9.17) is 27.3 Å². The molecular formula is C101H90N4O4+4. The highest BCUT2D eigenvalue weighted by Crippen LogP contribution is 2.45. The van der Waals surface area contributed by atoms with E-state index in [-0.39, 0.29) is 0 Å². The summed E-state index contributed by atoms with van der Waals surface area (Å²) >= 11 is 0. The Morgan fingerprint density at radius 2 is 0.615 bits per heavy atom. The van der Waals surface area contributed by atoms with E-state index in [1.807, 2.05) is 118 Å². The second kappa shape index (κ2) is 28.0. The minimum absolute atomic E-state index is 0.448. The molecule has 0 radical (unpaired) electrons. The normalized spacial score (nSPS) is 13.6. The van der Waals surface area contributed by atoms with Crippen LogP contribution in [0.25, 0.3) is 176 Å². The van der Waals surface area contributed by atoms with Crippen LogP contribution in [-0.4, -0.2) is 0 Å². The molecule has 0 saturated carbocycles. The lowest BCUT2D eigenvalue weighted by Gasteiger charge is -2.09. The molecule has 0 N–H and O–H groups in total. The Labute approximate surface area is 645 Å². The van der Waals surface area contributed by atoms with Crippen molar-refractivity contribution in [1.82, 2.24) is 0 Å². The highest BCUT2D eigenvalue weighted by atomic mass is 16.3. The van der Waals surface area contributed by atoms with Gasteiger partial charge in [0.2, 0.25) is 22.8 Å². The van der Waals surface area contributed by atoms with Crippen molar-refractivity contribution in [2.45, 2.75) is 87.3 Å². The summed E-state index contributed by atoms with van der Waals surface area (Å²) in [7, 11) is 8.05. The molecule has 0 aliphatic carbocycles. The number of furan rings is 4. The molecule has 8 heterocycles. The number of pyridine rings is 4. The summed E-state index contributed by atoms with van der Waals surface area (Å²) in [6.45, 7) is 15.0. The van der Waals surface area contributed by atoms with Gasteiger partial charge in [-0.2, -0.15) is 0 Å².